The van der Waals surface area contributed by atoms with Gasteiger partial charge in [0.1, 0.15) is 0 Å². The first kappa shape index (κ1) is 15.6. The zero-order chi connectivity index (χ0) is 14.3. The van der Waals surface area contributed by atoms with E-state index in [0.717, 1.165) is 6.42 Å². The zero-order valence-corrected chi connectivity index (χ0v) is 11.9. The monoisotopic (exact) mass is 279 g/mol. The molecule has 19 heavy (non-hydrogen) atoms. The van der Waals surface area contributed by atoms with E-state index in [-0.39, 0.29) is 18.6 Å². The van der Waals surface area contributed by atoms with Crippen molar-refractivity contribution in [1.82, 2.24) is 5.32 Å². The van der Waals surface area contributed by atoms with Crippen LogP contribution in [0.15, 0.2) is 18.2 Å². The van der Waals surface area contributed by atoms with Crippen molar-refractivity contribution < 1.29 is 9.90 Å². The normalized spacial score (nSPS) is 11.4. The smallest absolute Gasteiger partial charge is 0.251 e. The fourth-order valence-corrected chi connectivity index (χ4v) is 1.61. The number of aliphatic hydroxyl groups excluding tert-OH is 1. The number of carbonyl (C=O) groups is 1. The molecule has 1 unspecified atom stereocenters. The number of benzene rings is 1. The molecule has 0 heterocycles. The molecule has 1 aromatic carbocycles. The first-order valence-corrected chi connectivity index (χ1v) is 6.66. The van der Waals surface area contributed by atoms with Crippen molar-refractivity contribution in [1.29, 1.82) is 0 Å². The third-order valence-electron chi connectivity index (χ3n) is 2.68. The van der Waals surface area contributed by atoms with E-state index in [1.54, 1.807) is 18.2 Å². The molecule has 1 amide bonds. The molecule has 0 radical (unpaired) electrons. The predicted octanol–water partition coefficient (Wildman–Crippen LogP) is 2.60. The molecule has 102 valence electrons. The van der Waals surface area contributed by atoms with Gasteiger partial charge in [-0.05, 0) is 31.5 Å². The van der Waals surface area contributed by atoms with Crippen molar-refractivity contribution in [2.24, 2.45) is 0 Å². The Bertz CT molecular complexity index is 503. The summed E-state index contributed by atoms with van der Waals surface area (Å²) in [7, 11) is 0. The van der Waals surface area contributed by atoms with Gasteiger partial charge in [-0.15, -0.1) is 0 Å². The molecule has 0 aliphatic carbocycles. The lowest BCUT2D eigenvalue weighted by Crippen LogP contribution is -2.31. The Morgan fingerprint density at radius 3 is 2.84 bits per heavy atom. The molecule has 0 aliphatic heterocycles. The summed E-state index contributed by atoms with van der Waals surface area (Å²) in [5, 5.41) is 12.0. The Labute approximate surface area is 119 Å². The minimum Gasteiger partial charge on any atom is -0.395 e. The molecule has 4 heteroatoms. The molecule has 0 aromatic heterocycles. The van der Waals surface area contributed by atoms with Gasteiger partial charge in [-0.3, -0.25) is 4.79 Å². The summed E-state index contributed by atoms with van der Waals surface area (Å²) >= 11 is 6.08. The Morgan fingerprint density at radius 2 is 2.26 bits per heavy atom. The lowest BCUT2D eigenvalue weighted by molar-refractivity contribution is 0.0939. The van der Waals surface area contributed by atoms with E-state index in [4.69, 9.17) is 16.7 Å². The second-order valence-corrected chi connectivity index (χ2v) is 4.66. The van der Waals surface area contributed by atoms with Gasteiger partial charge in [0, 0.05) is 23.6 Å². The lowest BCUT2D eigenvalue weighted by Gasteiger charge is -2.11. The molecule has 0 bridgehead atoms. The van der Waals surface area contributed by atoms with Crippen molar-refractivity contribution in [3.05, 3.63) is 34.3 Å². The van der Waals surface area contributed by atoms with Crippen LogP contribution in [0, 0.1) is 11.8 Å². The lowest BCUT2D eigenvalue weighted by atomic mass is 10.1. The van der Waals surface area contributed by atoms with E-state index in [1.165, 1.54) is 0 Å². The summed E-state index contributed by atoms with van der Waals surface area (Å²) in [4.78, 5) is 11.9. The Hall–Kier alpha value is -1.50. The third kappa shape index (κ3) is 4.94. The first-order valence-electron chi connectivity index (χ1n) is 6.28. The molecule has 0 fully saturated rings. The maximum absolute atomic E-state index is 11.9. The van der Waals surface area contributed by atoms with Crippen molar-refractivity contribution >= 4 is 17.5 Å². The fourth-order valence-electron chi connectivity index (χ4n) is 1.38. The van der Waals surface area contributed by atoms with Gasteiger partial charge in [-0.25, -0.2) is 0 Å². The van der Waals surface area contributed by atoms with Gasteiger partial charge < -0.3 is 10.4 Å². The van der Waals surface area contributed by atoms with Crippen molar-refractivity contribution in [2.45, 2.75) is 32.7 Å². The van der Waals surface area contributed by atoms with E-state index >= 15 is 0 Å². The minimum atomic E-state index is -0.133. The van der Waals surface area contributed by atoms with Crippen molar-refractivity contribution in [3.8, 4) is 11.8 Å². The van der Waals surface area contributed by atoms with E-state index in [1.807, 2.05) is 13.8 Å². The molecule has 1 atom stereocenters. The van der Waals surface area contributed by atoms with Gasteiger partial charge in [-0.2, -0.15) is 0 Å². The summed E-state index contributed by atoms with van der Waals surface area (Å²) in [6.45, 7) is 3.99. The van der Waals surface area contributed by atoms with Crippen molar-refractivity contribution in [3.63, 3.8) is 0 Å². The zero-order valence-electron chi connectivity index (χ0n) is 11.2. The highest BCUT2D eigenvalue weighted by molar-refractivity contribution is 6.32. The van der Waals surface area contributed by atoms with Crippen LogP contribution in [0.5, 0.6) is 0 Å². The Morgan fingerprint density at radius 1 is 1.53 bits per heavy atom. The highest BCUT2D eigenvalue weighted by Gasteiger charge is 2.09. The predicted molar refractivity (Wildman–Crippen MR) is 77.3 cm³/mol. The Balaban J connectivity index is 2.82. The van der Waals surface area contributed by atoms with Crippen LogP contribution in [0.25, 0.3) is 0 Å². The standard InChI is InChI=1S/C15H18ClNO2/c1-3-11(2)17-15(19)13-8-7-12(14(16)10-13)6-4-5-9-18/h7-8,10-11,18H,3,5,9H2,1-2H3,(H,17,19). The number of rotatable bonds is 4. The molecule has 1 rings (SSSR count). The van der Waals surface area contributed by atoms with Crippen molar-refractivity contribution in [2.75, 3.05) is 6.61 Å². The van der Waals surface area contributed by atoms with Gasteiger partial charge in [0.15, 0.2) is 0 Å². The van der Waals surface area contributed by atoms with Gasteiger partial charge in [0.05, 0.1) is 11.6 Å². The maximum Gasteiger partial charge on any atom is 0.251 e. The molecule has 3 nitrogen and oxygen atoms in total. The highest BCUT2D eigenvalue weighted by atomic mass is 35.5. The summed E-state index contributed by atoms with van der Waals surface area (Å²) in [5.74, 6) is 5.52. The Kier molecular flexibility index (Phi) is 6.41. The van der Waals surface area contributed by atoms with Crippen LogP contribution < -0.4 is 5.32 Å². The maximum atomic E-state index is 11.9. The SMILES string of the molecule is CCC(C)NC(=O)c1ccc(C#CCCO)c(Cl)c1. The molecule has 0 saturated carbocycles. The molecule has 0 saturated heterocycles. The van der Waals surface area contributed by atoms with Crippen LogP contribution in [0.3, 0.4) is 0 Å². The molecule has 0 spiro atoms. The molecular weight excluding hydrogens is 262 g/mol. The second-order valence-electron chi connectivity index (χ2n) is 4.25. The molecule has 2 N–H and O–H groups in total. The average Bonchev–Trinajstić information content (AvgIpc) is 2.40. The van der Waals surface area contributed by atoms with Crippen LogP contribution in [-0.2, 0) is 0 Å². The highest BCUT2D eigenvalue weighted by Crippen LogP contribution is 2.17. The number of nitrogens with one attached hydrogen (secondary N) is 1. The largest absolute Gasteiger partial charge is 0.395 e. The van der Waals surface area contributed by atoms with Crippen LogP contribution in [0.2, 0.25) is 5.02 Å². The summed E-state index contributed by atoms with van der Waals surface area (Å²) < 4.78 is 0. The minimum absolute atomic E-state index is 0.0278. The van der Waals surface area contributed by atoms with Gasteiger partial charge in [0.2, 0.25) is 0 Å². The average molecular weight is 280 g/mol. The van der Waals surface area contributed by atoms with E-state index in [2.05, 4.69) is 17.2 Å². The number of aliphatic hydroxyl groups is 1. The number of halogens is 1. The fraction of sp³-hybridized carbons (Fsp3) is 0.400. The summed E-state index contributed by atoms with van der Waals surface area (Å²) in [6.07, 6.45) is 1.29. The van der Waals surface area contributed by atoms with E-state index in [9.17, 15) is 4.79 Å². The first-order chi connectivity index (χ1) is 9.08. The van der Waals surface area contributed by atoms with Crippen LogP contribution in [0.4, 0.5) is 0 Å². The second kappa shape index (κ2) is 7.83. The van der Waals surface area contributed by atoms with Gasteiger partial charge in [-0.1, -0.05) is 30.4 Å². The number of hydrogen-bond donors (Lipinski definition) is 2. The van der Waals surface area contributed by atoms with Crippen LogP contribution >= 0.6 is 11.6 Å². The third-order valence-corrected chi connectivity index (χ3v) is 2.99. The molecule has 0 aliphatic rings. The van der Waals surface area contributed by atoms with E-state index in [0.29, 0.717) is 22.6 Å². The number of amides is 1. The van der Waals surface area contributed by atoms with Crippen LogP contribution in [-0.4, -0.2) is 23.7 Å². The van der Waals surface area contributed by atoms with E-state index < -0.39 is 0 Å². The number of carbonyl (C=O) groups excluding carboxylic acids is 1. The van der Waals surface area contributed by atoms with Gasteiger partial charge in [0.25, 0.3) is 5.91 Å². The van der Waals surface area contributed by atoms with Crippen LogP contribution in [0.1, 0.15) is 42.6 Å². The van der Waals surface area contributed by atoms with Gasteiger partial charge >= 0.3 is 0 Å². The quantitative estimate of drug-likeness (QED) is 0.833. The topological polar surface area (TPSA) is 49.3 Å². The molecular formula is C15H18ClNO2. The molecule has 1 aromatic rings. The summed E-state index contributed by atoms with van der Waals surface area (Å²) in [6, 6.07) is 5.17. The summed E-state index contributed by atoms with van der Waals surface area (Å²) in [5.41, 5.74) is 1.19. The number of hydrogen-bond acceptors (Lipinski definition) is 2.